The van der Waals surface area contributed by atoms with Gasteiger partial charge >= 0.3 is 0 Å². The van der Waals surface area contributed by atoms with Crippen LogP contribution in [0.25, 0.3) is 0 Å². The third-order valence-corrected chi connectivity index (χ3v) is 2.49. The molecule has 16 heavy (non-hydrogen) atoms. The smallest absolute Gasteiger partial charge is 0.268 e. The first-order valence-corrected chi connectivity index (χ1v) is 5.56. The van der Waals surface area contributed by atoms with Crippen LogP contribution < -0.4 is 5.32 Å². The van der Waals surface area contributed by atoms with Gasteiger partial charge in [-0.15, -0.1) is 0 Å². The molecule has 0 aromatic carbocycles. The molecular weight excluding hydrogens is 228 g/mol. The molecule has 0 fully saturated rings. The second-order valence-corrected chi connectivity index (χ2v) is 4.76. The quantitative estimate of drug-likeness (QED) is 0.847. The number of nitrogens with zero attached hydrogens (tertiary/aromatic N) is 1. The fourth-order valence-corrected chi connectivity index (χ4v) is 1.56. The Kier molecular flexibility index (Phi) is 3.99. The van der Waals surface area contributed by atoms with Gasteiger partial charge in [0.25, 0.3) is 5.91 Å². The maximum absolute atomic E-state index is 11.9. The summed E-state index contributed by atoms with van der Waals surface area (Å²) in [5, 5.41) is 12.4. The summed E-state index contributed by atoms with van der Waals surface area (Å²) >= 11 is 5.84. The fourth-order valence-electron chi connectivity index (χ4n) is 1.34. The van der Waals surface area contributed by atoms with Crippen molar-refractivity contribution in [1.29, 1.82) is 0 Å². The van der Waals surface area contributed by atoms with E-state index in [1.165, 1.54) is 0 Å². The van der Waals surface area contributed by atoms with Crippen molar-refractivity contribution >= 4 is 17.5 Å². The molecule has 0 aliphatic carbocycles. The zero-order valence-electron chi connectivity index (χ0n) is 9.75. The van der Waals surface area contributed by atoms with E-state index in [4.69, 9.17) is 16.7 Å². The Labute approximate surface area is 100 Å². The number of aliphatic hydroxyl groups excluding tert-OH is 1. The van der Waals surface area contributed by atoms with Crippen LogP contribution in [0.15, 0.2) is 12.3 Å². The molecule has 0 unspecified atom stereocenters. The third kappa shape index (κ3) is 3.00. The van der Waals surface area contributed by atoms with Gasteiger partial charge in [0.1, 0.15) is 5.69 Å². The second kappa shape index (κ2) is 4.89. The first-order chi connectivity index (χ1) is 7.39. The number of aryl methyl sites for hydroxylation is 1. The van der Waals surface area contributed by atoms with Gasteiger partial charge in [-0.1, -0.05) is 11.6 Å². The van der Waals surface area contributed by atoms with Crippen molar-refractivity contribution in [2.24, 2.45) is 0 Å². The highest BCUT2D eigenvalue weighted by atomic mass is 35.5. The van der Waals surface area contributed by atoms with E-state index >= 15 is 0 Å². The number of halogens is 1. The first-order valence-electron chi connectivity index (χ1n) is 5.18. The molecule has 0 bridgehead atoms. The Morgan fingerprint density at radius 1 is 1.62 bits per heavy atom. The number of hydrogen-bond acceptors (Lipinski definition) is 2. The van der Waals surface area contributed by atoms with Crippen LogP contribution in [0, 0.1) is 0 Å². The Morgan fingerprint density at radius 3 is 2.75 bits per heavy atom. The van der Waals surface area contributed by atoms with Gasteiger partial charge in [0, 0.05) is 12.7 Å². The van der Waals surface area contributed by atoms with Crippen LogP contribution >= 0.6 is 11.6 Å². The van der Waals surface area contributed by atoms with E-state index in [0.29, 0.717) is 17.3 Å². The maximum Gasteiger partial charge on any atom is 0.268 e. The summed E-state index contributed by atoms with van der Waals surface area (Å²) in [5.74, 6) is -0.229. The van der Waals surface area contributed by atoms with Crippen LogP contribution in [0.2, 0.25) is 5.02 Å². The molecule has 0 spiro atoms. The minimum absolute atomic E-state index is 0.112. The summed E-state index contributed by atoms with van der Waals surface area (Å²) in [6.07, 6.45) is 1.71. The van der Waals surface area contributed by atoms with Crippen LogP contribution in [0.3, 0.4) is 0 Å². The minimum atomic E-state index is -0.633. The fraction of sp³-hybridized carbons (Fsp3) is 0.545. The average Bonchev–Trinajstić information content (AvgIpc) is 2.59. The van der Waals surface area contributed by atoms with Gasteiger partial charge < -0.3 is 15.0 Å². The van der Waals surface area contributed by atoms with Crippen LogP contribution in [0.4, 0.5) is 0 Å². The van der Waals surface area contributed by atoms with Gasteiger partial charge in [-0.3, -0.25) is 4.79 Å². The van der Waals surface area contributed by atoms with E-state index in [1.54, 1.807) is 30.7 Å². The number of amides is 1. The molecule has 0 radical (unpaired) electrons. The van der Waals surface area contributed by atoms with Gasteiger partial charge in [0.05, 0.1) is 17.2 Å². The summed E-state index contributed by atoms with van der Waals surface area (Å²) in [5.41, 5.74) is -0.124. The van der Waals surface area contributed by atoms with E-state index in [0.717, 1.165) is 0 Å². The number of carbonyl (C=O) groups excluding carboxylic acids is 1. The summed E-state index contributed by atoms with van der Waals surface area (Å²) in [4.78, 5) is 11.9. The Morgan fingerprint density at radius 2 is 2.25 bits per heavy atom. The molecule has 90 valence electrons. The van der Waals surface area contributed by atoms with E-state index in [1.807, 2.05) is 6.92 Å². The minimum Gasteiger partial charge on any atom is -0.394 e. The van der Waals surface area contributed by atoms with Crippen molar-refractivity contribution in [3.05, 3.63) is 23.0 Å². The molecule has 0 saturated heterocycles. The molecule has 2 N–H and O–H groups in total. The largest absolute Gasteiger partial charge is 0.394 e. The Bertz CT molecular complexity index is 385. The highest BCUT2D eigenvalue weighted by Crippen LogP contribution is 2.15. The molecule has 5 heteroatoms. The Hall–Kier alpha value is -1.00. The van der Waals surface area contributed by atoms with Crippen LogP contribution in [-0.2, 0) is 6.54 Å². The van der Waals surface area contributed by atoms with Crippen molar-refractivity contribution < 1.29 is 9.90 Å². The van der Waals surface area contributed by atoms with Crippen molar-refractivity contribution in [1.82, 2.24) is 9.88 Å². The molecule has 1 rings (SSSR count). The number of carbonyl (C=O) groups is 1. The van der Waals surface area contributed by atoms with Crippen molar-refractivity contribution in [2.75, 3.05) is 6.61 Å². The number of nitrogens with one attached hydrogen (secondary N) is 1. The van der Waals surface area contributed by atoms with Crippen LogP contribution in [0.5, 0.6) is 0 Å². The highest BCUT2D eigenvalue weighted by molar-refractivity contribution is 6.31. The lowest BCUT2D eigenvalue weighted by molar-refractivity contribution is 0.0860. The molecule has 0 atom stereocenters. The molecule has 0 aliphatic rings. The summed E-state index contributed by atoms with van der Waals surface area (Å²) in [7, 11) is 0. The van der Waals surface area contributed by atoms with E-state index in [2.05, 4.69) is 5.32 Å². The summed E-state index contributed by atoms with van der Waals surface area (Å²) in [6, 6.07) is 1.62. The molecule has 0 saturated carbocycles. The molecular formula is C11H17ClN2O2. The topological polar surface area (TPSA) is 54.3 Å². The number of hydrogen-bond donors (Lipinski definition) is 2. The summed E-state index contributed by atoms with van der Waals surface area (Å²) < 4.78 is 1.77. The van der Waals surface area contributed by atoms with Crippen LogP contribution in [-0.4, -0.2) is 27.7 Å². The number of aliphatic hydroxyl groups is 1. The van der Waals surface area contributed by atoms with Crippen LogP contribution in [0.1, 0.15) is 31.3 Å². The third-order valence-electron chi connectivity index (χ3n) is 2.28. The zero-order chi connectivity index (χ0) is 12.3. The lowest BCUT2D eigenvalue weighted by atomic mass is 10.1. The highest BCUT2D eigenvalue weighted by Gasteiger charge is 2.22. The van der Waals surface area contributed by atoms with Gasteiger partial charge in [0.2, 0.25) is 0 Å². The lowest BCUT2D eigenvalue weighted by Gasteiger charge is -2.23. The number of rotatable bonds is 4. The molecule has 1 heterocycles. The van der Waals surface area contributed by atoms with Crippen molar-refractivity contribution in [3.8, 4) is 0 Å². The summed E-state index contributed by atoms with van der Waals surface area (Å²) in [6.45, 7) is 6.01. The molecule has 4 nitrogen and oxygen atoms in total. The molecule has 1 aromatic heterocycles. The van der Waals surface area contributed by atoms with Gasteiger partial charge in [-0.2, -0.15) is 0 Å². The standard InChI is InChI=1S/C11H17ClN2O2/c1-4-14-6-8(12)5-9(14)10(16)13-11(2,3)7-15/h5-6,15H,4,7H2,1-3H3,(H,13,16). The van der Waals surface area contributed by atoms with E-state index in [9.17, 15) is 4.79 Å². The normalized spacial score (nSPS) is 11.6. The van der Waals surface area contributed by atoms with E-state index < -0.39 is 5.54 Å². The molecule has 0 aliphatic heterocycles. The predicted octanol–water partition coefficient (Wildman–Crippen LogP) is 1.66. The second-order valence-electron chi connectivity index (χ2n) is 4.33. The monoisotopic (exact) mass is 244 g/mol. The lowest BCUT2D eigenvalue weighted by Crippen LogP contribution is -2.46. The van der Waals surface area contributed by atoms with Crippen molar-refractivity contribution in [2.45, 2.75) is 32.9 Å². The van der Waals surface area contributed by atoms with Gasteiger partial charge in [0.15, 0.2) is 0 Å². The Balaban J connectivity index is 2.88. The first kappa shape index (κ1) is 13.1. The SMILES string of the molecule is CCn1cc(Cl)cc1C(=O)NC(C)(C)CO. The number of aromatic nitrogens is 1. The zero-order valence-corrected chi connectivity index (χ0v) is 10.5. The molecule has 1 amide bonds. The maximum atomic E-state index is 11.9. The van der Waals surface area contributed by atoms with Gasteiger partial charge in [-0.25, -0.2) is 0 Å². The van der Waals surface area contributed by atoms with Gasteiger partial charge in [-0.05, 0) is 26.8 Å². The van der Waals surface area contributed by atoms with E-state index in [-0.39, 0.29) is 12.5 Å². The predicted molar refractivity (Wildman–Crippen MR) is 63.7 cm³/mol. The average molecular weight is 245 g/mol. The van der Waals surface area contributed by atoms with Crippen molar-refractivity contribution in [3.63, 3.8) is 0 Å². The molecule has 1 aromatic rings.